The molecule has 0 radical (unpaired) electrons. The summed E-state index contributed by atoms with van der Waals surface area (Å²) in [6.07, 6.45) is -0.589. The number of quaternary nitrogens is 1. The fourth-order valence-corrected chi connectivity index (χ4v) is 3.93. The molecule has 2 rings (SSSR count). The maximum atomic E-state index is 12.7. The number of carbonyl (C=O) groups excluding carboxylic acids is 1. The Morgan fingerprint density at radius 2 is 1.62 bits per heavy atom. The number of morpholine rings is 1. The summed E-state index contributed by atoms with van der Waals surface area (Å²) in [7, 11) is 0. The van der Waals surface area contributed by atoms with Gasteiger partial charge in [-0.2, -0.15) is 0 Å². The average molecular weight is 423 g/mol. The van der Waals surface area contributed by atoms with E-state index in [-0.39, 0.29) is 23.5 Å². The van der Waals surface area contributed by atoms with Crippen LogP contribution in [0.1, 0.15) is 50.5 Å². The van der Waals surface area contributed by atoms with E-state index >= 15 is 0 Å². The molecule has 26 heavy (non-hydrogen) atoms. The summed E-state index contributed by atoms with van der Waals surface area (Å²) in [5.41, 5.74) is 1.73. The monoisotopic (exact) mass is 421 g/mol. The second-order valence-electron chi connectivity index (χ2n) is 8.10. The summed E-state index contributed by atoms with van der Waals surface area (Å²) in [5.74, 6) is -0.249. The van der Waals surface area contributed by atoms with Gasteiger partial charge in [-0.3, -0.25) is 10.1 Å². The number of benzene rings is 1. The van der Waals surface area contributed by atoms with Gasteiger partial charge in [-0.1, -0.05) is 67.7 Å². The van der Waals surface area contributed by atoms with Crippen LogP contribution in [0.2, 0.25) is 0 Å². The number of halogens is 3. The number of alkyl halides is 3. The SMILES string of the molecule is C[C@@H]1C[NH+]([C@H](NC(=O)c2ccc(C(C)(C)C)cc2)C(Cl)(Cl)Cl)C[C@H](C)O1. The lowest BCUT2D eigenvalue weighted by atomic mass is 9.87. The van der Waals surface area contributed by atoms with E-state index in [9.17, 15) is 4.79 Å². The predicted octanol–water partition coefficient (Wildman–Crippen LogP) is 3.10. The van der Waals surface area contributed by atoms with Crippen molar-refractivity contribution in [3.05, 3.63) is 35.4 Å². The van der Waals surface area contributed by atoms with Crippen LogP contribution in [-0.4, -0.2) is 41.2 Å². The van der Waals surface area contributed by atoms with Crippen LogP contribution in [0.15, 0.2) is 24.3 Å². The molecule has 7 heteroatoms. The molecule has 2 N–H and O–H groups in total. The molecule has 0 aliphatic carbocycles. The van der Waals surface area contributed by atoms with Crippen molar-refractivity contribution in [1.29, 1.82) is 0 Å². The van der Waals surface area contributed by atoms with Crippen molar-refractivity contribution in [2.24, 2.45) is 0 Å². The van der Waals surface area contributed by atoms with E-state index in [0.717, 1.165) is 10.5 Å². The molecule has 1 fully saturated rings. The van der Waals surface area contributed by atoms with Crippen LogP contribution in [0, 0.1) is 0 Å². The van der Waals surface area contributed by atoms with Crippen molar-refractivity contribution in [3.63, 3.8) is 0 Å². The van der Waals surface area contributed by atoms with Gasteiger partial charge in [-0.25, -0.2) is 0 Å². The molecular formula is C19H28Cl3N2O2+. The standard InChI is InChI=1S/C19H27Cl3N2O2/c1-12-10-24(11-13(2)26-12)17(19(20,21)22)23-16(25)14-6-8-15(9-7-14)18(3,4)5/h6-9,12-13,17H,10-11H2,1-5H3,(H,23,25)/p+1/t12-,13+,17-/m0/s1. The molecule has 1 saturated heterocycles. The lowest BCUT2D eigenvalue weighted by molar-refractivity contribution is -0.941. The van der Waals surface area contributed by atoms with E-state index in [4.69, 9.17) is 39.5 Å². The molecule has 0 saturated carbocycles. The fourth-order valence-electron chi connectivity index (χ4n) is 3.30. The Kier molecular flexibility index (Phi) is 6.90. The Morgan fingerprint density at radius 3 is 2.04 bits per heavy atom. The molecule has 1 amide bonds. The highest BCUT2D eigenvalue weighted by Gasteiger charge is 2.45. The Labute approximate surface area is 171 Å². The van der Waals surface area contributed by atoms with Crippen molar-refractivity contribution >= 4 is 40.7 Å². The third-order valence-corrected chi connectivity index (χ3v) is 5.24. The molecule has 0 spiro atoms. The first-order chi connectivity index (χ1) is 11.9. The molecule has 0 bridgehead atoms. The number of hydrogen-bond donors (Lipinski definition) is 2. The number of hydrogen-bond acceptors (Lipinski definition) is 2. The number of nitrogens with one attached hydrogen (secondary N) is 2. The zero-order valence-corrected chi connectivity index (χ0v) is 18.2. The number of rotatable bonds is 3. The largest absolute Gasteiger partial charge is 0.364 e. The number of ether oxygens (including phenoxy) is 1. The van der Waals surface area contributed by atoms with Gasteiger partial charge in [0, 0.05) is 5.56 Å². The topological polar surface area (TPSA) is 42.8 Å². The van der Waals surface area contributed by atoms with Crippen LogP contribution < -0.4 is 10.2 Å². The zero-order valence-electron chi connectivity index (χ0n) is 15.9. The quantitative estimate of drug-likeness (QED) is 0.735. The van der Waals surface area contributed by atoms with Crippen molar-refractivity contribution in [1.82, 2.24) is 5.32 Å². The summed E-state index contributed by atoms with van der Waals surface area (Å²) in [6, 6.07) is 7.55. The average Bonchev–Trinajstić information content (AvgIpc) is 2.49. The van der Waals surface area contributed by atoms with Crippen LogP contribution in [-0.2, 0) is 10.2 Å². The van der Waals surface area contributed by atoms with Crippen molar-refractivity contribution in [3.8, 4) is 0 Å². The van der Waals surface area contributed by atoms with Gasteiger partial charge in [0.25, 0.3) is 9.70 Å². The van der Waals surface area contributed by atoms with Crippen molar-refractivity contribution < 1.29 is 14.4 Å². The summed E-state index contributed by atoms with van der Waals surface area (Å²) in [6.45, 7) is 11.7. The van der Waals surface area contributed by atoms with Crippen LogP contribution in [0.25, 0.3) is 0 Å². The van der Waals surface area contributed by atoms with Crippen LogP contribution in [0.3, 0.4) is 0 Å². The van der Waals surface area contributed by atoms with Crippen molar-refractivity contribution in [2.45, 2.75) is 62.2 Å². The van der Waals surface area contributed by atoms with Gasteiger partial charge in [0.1, 0.15) is 25.3 Å². The number of carbonyl (C=O) groups is 1. The molecule has 146 valence electrons. The molecule has 1 aromatic rings. The summed E-state index contributed by atoms with van der Waals surface area (Å²) in [5, 5.41) is 2.91. The summed E-state index contributed by atoms with van der Waals surface area (Å²) < 4.78 is 4.13. The van der Waals surface area contributed by atoms with E-state index < -0.39 is 9.96 Å². The predicted molar refractivity (Wildman–Crippen MR) is 107 cm³/mol. The third-order valence-electron chi connectivity index (χ3n) is 4.59. The summed E-state index contributed by atoms with van der Waals surface area (Å²) in [4.78, 5) is 13.7. The van der Waals surface area contributed by atoms with Gasteiger partial charge in [0.2, 0.25) is 6.17 Å². The Bertz CT molecular complexity index is 613. The van der Waals surface area contributed by atoms with E-state index in [1.54, 1.807) is 0 Å². The summed E-state index contributed by atoms with van der Waals surface area (Å²) >= 11 is 18.6. The second kappa shape index (κ2) is 8.24. The van der Waals surface area contributed by atoms with Crippen molar-refractivity contribution in [2.75, 3.05) is 13.1 Å². The smallest absolute Gasteiger partial charge is 0.262 e. The molecule has 4 nitrogen and oxygen atoms in total. The normalized spacial score (nSPS) is 25.6. The Hall–Kier alpha value is -0.520. The van der Waals surface area contributed by atoms with Gasteiger partial charge in [0.05, 0.1) is 0 Å². The fraction of sp³-hybridized carbons (Fsp3) is 0.632. The molecule has 1 heterocycles. The first-order valence-corrected chi connectivity index (χ1v) is 9.99. The van der Waals surface area contributed by atoms with Gasteiger partial charge in [-0.05, 0) is 37.0 Å². The molecule has 4 atom stereocenters. The van der Waals surface area contributed by atoms with Crippen LogP contribution in [0.5, 0.6) is 0 Å². The van der Waals surface area contributed by atoms with Crippen LogP contribution in [0.4, 0.5) is 0 Å². The molecule has 1 aliphatic heterocycles. The van der Waals surface area contributed by atoms with E-state index in [2.05, 4.69) is 26.1 Å². The lowest BCUT2D eigenvalue weighted by Crippen LogP contribution is -3.22. The maximum absolute atomic E-state index is 12.7. The van der Waals surface area contributed by atoms with Gasteiger partial charge in [0.15, 0.2) is 0 Å². The number of amides is 1. The first-order valence-electron chi connectivity index (χ1n) is 8.86. The van der Waals surface area contributed by atoms with Gasteiger partial charge < -0.3 is 9.64 Å². The van der Waals surface area contributed by atoms with Crippen LogP contribution >= 0.6 is 34.8 Å². The van der Waals surface area contributed by atoms with Gasteiger partial charge in [-0.15, -0.1) is 0 Å². The molecule has 0 aromatic heterocycles. The second-order valence-corrected chi connectivity index (χ2v) is 10.5. The molecule has 1 aliphatic rings. The lowest BCUT2D eigenvalue weighted by Gasteiger charge is -2.39. The molecular weight excluding hydrogens is 395 g/mol. The van der Waals surface area contributed by atoms with E-state index in [1.807, 2.05) is 38.1 Å². The minimum absolute atomic E-state index is 0.0271. The van der Waals surface area contributed by atoms with E-state index in [0.29, 0.717) is 18.7 Å². The highest BCUT2D eigenvalue weighted by Crippen LogP contribution is 2.28. The minimum Gasteiger partial charge on any atom is -0.364 e. The molecule has 1 unspecified atom stereocenters. The first kappa shape index (κ1) is 21.8. The van der Waals surface area contributed by atoms with E-state index in [1.165, 1.54) is 0 Å². The minimum atomic E-state index is -1.62. The Balaban J connectivity index is 2.16. The molecule has 1 aromatic carbocycles. The maximum Gasteiger partial charge on any atom is 0.262 e. The van der Waals surface area contributed by atoms with Gasteiger partial charge >= 0.3 is 0 Å². The highest BCUT2D eigenvalue weighted by molar-refractivity contribution is 6.68. The zero-order chi connectivity index (χ0) is 19.7. The Morgan fingerprint density at radius 1 is 1.12 bits per heavy atom. The highest BCUT2D eigenvalue weighted by atomic mass is 35.6. The third kappa shape index (κ3) is 5.74.